The predicted molar refractivity (Wildman–Crippen MR) is 88.2 cm³/mol. The maximum Gasteiger partial charge on any atom is 0.237 e. The number of carbonyl (C=O) groups excluding carboxylic acids is 2. The quantitative estimate of drug-likeness (QED) is 0.587. The average Bonchev–Trinajstić information content (AvgIpc) is 2.52. The molecule has 6 heteroatoms. The molecule has 1 fully saturated rings. The molecular weight excluding hydrogens is 280 g/mol. The van der Waals surface area contributed by atoms with E-state index >= 15 is 0 Å². The number of amides is 2. The van der Waals surface area contributed by atoms with Crippen LogP contribution in [0.25, 0.3) is 0 Å². The van der Waals surface area contributed by atoms with Crippen LogP contribution in [0, 0.1) is 5.92 Å². The third kappa shape index (κ3) is 5.99. The summed E-state index contributed by atoms with van der Waals surface area (Å²) in [5.74, 6) is 0.0276. The molecule has 3 N–H and O–H groups in total. The highest BCUT2D eigenvalue weighted by molar-refractivity contribution is 5.80. The molecule has 0 aliphatic carbocycles. The summed E-state index contributed by atoms with van der Waals surface area (Å²) < 4.78 is 0. The third-order valence-corrected chi connectivity index (χ3v) is 3.73. The van der Waals surface area contributed by atoms with Crippen LogP contribution < -0.4 is 11.1 Å². The molecule has 0 radical (unpaired) electrons. The second-order valence-electron chi connectivity index (χ2n) is 5.53. The Kier molecular flexibility index (Phi) is 8.47. The van der Waals surface area contributed by atoms with Crippen LogP contribution in [0.15, 0.2) is 25.3 Å². The number of likely N-dealkylation sites (tertiary alicyclic amines) is 1. The molecule has 1 heterocycles. The van der Waals surface area contributed by atoms with Gasteiger partial charge in [0.15, 0.2) is 0 Å². The van der Waals surface area contributed by atoms with E-state index in [1.54, 1.807) is 17.1 Å². The summed E-state index contributed by atoms with van der Waals surface area (Å²) >= 11 is 0. The Balaban J connectivity index is 2.50. The van der Waals surface area contributed by atoms with E-state index in [1.807, 2.05) is 0 Å². The van der Waals surface area contributed by atoms with Gasteiger partial charge >= 0.3 is 0 Å². The van der Waals surface area contributed by atoms with E-state index in [9.17, 15) is 9.59 Å². The van der Waals surface area contributed by atoms with Crippen molar-refractivity contribution in [1.29, 1.82) is 0 Å². The molecular formula is C16H28N4O2. The molecule has 0 saturated carbocycles. The summed E-state index contributed by atoms with van der Waals surface area (Å²) in [4.78, 5) is 28.1. The van der Waals surface area contributed by atoms with E-state index in [2.05, 4.69) is 23.4 Å². The fraction of sp³-hybridized carbons (Fsp3) is 0.625. The van der Waals surface area contributed by atoms with E-state index in [0.29, 0.717) is 39.3 Å². The first-order valence-electron chi connectivity index (χ1n) is 7.82. The summed E-state index contributed by atoms with van der Waals surface area (Å²) in [6, 6.07) is 0. The van der Waals surface area contributed by atoms with Gasteiger partial charge in [-0.05, 0) is 19.4 Å². The molecule has 1 rings (SSSR count). The normalized spacial score (nSPS) is 18.5. The Hall–Kier alpha value is -1.66. The second-order valence-corrected chi connectivity index (χ2v) is 5.53. The van der Waals surface area contributed by atoms with Crippen molar-refractivity contribution in [2.75, 3.05) is 45.8 Å². The van der Waals surface area contributed by atoms with E-state index < -0.39 is 0 Å². The molecule has 0 spiro atoms. The minimum Gasteiger partial charge on any atom is -0.355 e. The lowest BCUT2D eigenvalue weighted by atomic mass is 9.97. The lowest BCUT2D eigenvalue weighted by Crippen LogP contribution is -2.48. The van der Waals surface area contributed by atoms with Gasteiger partial charge in [0.25, 0.3) is 0 Å². The number of nitrogens with zero attached hydrogens (tertiary/aromatic N) is 2. The number of nitrogens with one attached hydrogen (secondary N) is 1. The first kappa shape index (κ1) is 18.4. The molecule has 1 aliphatic rings. The predicted octanol–water partition coefficient (Wildman–Crippen LogP) is -0.0261. The maximum atomic E-state index is 12.3. The summed E-state index contributed by atoms with van der Waals surface area (Å²) in [6.07, 6.45) is 5.21. The maximum absolute atomic E-state index is 12.3. The van der Waals surface area contributed by atoms with Crippen molar-refractivity contribution >= 4 is 11.8 Å². The molecule has 0 aromatic heterocycles. The highest BCUT2D eigenvalue weighted by Crippen LogP contribution is 2.16. The minimum atomic E-state index is -0.0552. The number of hydrogen-bond acceptors (Lipinski definition) is 4. The van der Waals surface area contributed by atoms with Crippen LogP contribution in [0.2, 0.25) is 0 Å². The fourth-order valence-electron chi connectivity index (χ4n) is 2.63. The molecule has 22 heavy (non-hydrogen) atoms. The van der Waals surface area contributed by atoms with Gasteiger partial charge in [-0.2, -0.15) is 0 Å². The zero-order chi connectivity index (χ0) is 16.4. The molecule has 124 valence electrons. The SMILES string of the molecule is C=CCN(CC=C)C(=O)CN1CCCC(C(=O)NCCN)C1. The molecule has 6 nitrogen and oxygen atoms in total. The lowest BCUT2D eigenvalue weighted by Gasteiger charge is -2.32. The monoisotopic (exact) mass is 308 g/mol. The molecule has 1 unspecified atom stereocenters. The van der Waals surface area contributed by atoms with Gasteiger partial charge in [-0.25, -0.2) is 0 Å². The summed E-state index contributed by atoms with van der Waals surface area (Å²) in [6.45, 7) is 11.1. The van der Waals surface area contributed by atoms with Crippen molar-refractivity contribution in [3.63, 3.8) is 0 Å². The van der Waals surface area contributed by atoms with Crippen LogP contribution in [0.5, 0.6) is 0 Å². The van der Waals surface area contributed by atoms with Crippen LogP contribution in [0.3, 0.4) is 0 Å². The van der Waals surface area contributed by atoms with Gasteiger partial charge in [0.2, 0.25) is 11.8 Å². The van der Waals surface area contributed by atoms with Crippen molar-refractivity contribution in [3.05, 3.63) is 25.3 Å². The Bertz CT molecular complexity index is 388. The average molecular weight is 308 g/mol. The van der Waals surface area contributed by atoms with E-state index in [0.717, 1.165) is 19.4 Å². The number of rotatable bonds is 9. The van der Waals surface area contributed by atoms with E-state index in [4.69, 9.17) is 5.73 Å². The summed E-state index contributed by atoms with van der Waals surface area (Å²) in [5, 5.41) is 2.83. The Morgan fingerprint density at radius 3 is 2.59 bits per heavy atom. The molecule has 2 amide bonds. The van der Waals surface area contributed by atoms with Gasteiger partial charge in [0.05, 0.1) is 12.5 Å². The van der Waals surface area contributed by atoms with Gasteiger partial charge in [0, 0.05) is 32.7 Å². The molecule has 1 aliphatic heterocycles. The van der Waals surface area contributed by atoms with Crippen LogP contribution in [-0.4, -0.2) is 67.4 Å². The first-order chi connectivity index (χ1) is 10.6. The van der Waals surface area contributed by atoms with E-state index in [1.165, 1.54) is 0 Å². The van der Waals surface area contributed by atoms with Crippen LogP contribution in [0.1, 0.15) is 12.8 Å². The Morgan fingerprint density at radius 2 is 2.00 bits per heavy atom. The van der Waals surface area contributed by atoms with Crippen molar-refractivity contribution in [2.24, 2.45) is 11.7 Å². The zero-order valence-corrected chi connectivity index (χ0v) is 13.3. The number of nitrogens with two attached hydrogens (primary N) is 1. The number of carbonyl (C=O) groups is 2. The number of piperidine rings is 1. The Labute approximate surface area is 133 Å². The van der Waals surface area contributed by atoms with Crippen molar-refractivity contribution in [1.82, 2.24) is 15.1 Å². The highest BCUT2D eigenvalue weighted by atomic mass is 16.2. The van der Waals surface area contributed by atoms with Crippen LogP contribution in [0.4, 0.5) is 0 Å². The zero-order valence-electron chi connectivity index (χ0n) is 13.3. The van der Waals surface area contributed by atoms with Gasteiger partial charge in [0.1, 0.15) is 0 Å². The summed E-state index contributed by atoms with van der Waals surface area (Å²) in [5.41, 5.74) is 5.40. The van der Waals surface area contributed by atoms with Crippen LogP contribution >= 0.6 is 0 Å². The minimum absolute atomic E-state index is 0.0386. The first-order valence-corrected chi connectivity index (χ1v) is 7.82. The third-order valence-electron chi connectivity index (χ3n) is 3.73. The molecule has 1 atom stereocenters. The molecule has 1 saturated heterocycles. The van der Waals surface area contributed by atoms with Crippen molar-refractivity contribution < 1.29 is 9.59 Å². The van der Waals surface area contributed by atoms with Gasteiger partial charge in [-0.3, -0.25) is 14.5 Å². The largest absolute Gasteiger partial charge is 0.355 e. The summed E-state index contributed by atoms with van der Waals surface area (Å²) in [7, 11) is 0. The van der Waals surface area contributed by atoms with Gasteiger partial charge in [-0.15, -0.1) is 13.2 Å². The smallest absolute Gasteiger partial charge is 0.237 e. The lowest BCUT2D eigenvalue weighted by molar-refractivity contribution is -0.133. The van der Waals surface area contributed by atoms with Crippen molar-refractivity contribution in [2.45, 2.75) is 12.8 Å². The molecule has 0 bridgehead atoms. The fourth-order valence-corrected chi connectivity index (χ4v) is 2.63. The van der Waals surface area contributed by atoms with Crippen molar-refractivity contribution in [3.8, 4) is 0 Å². The Morgan fingerprint density at radius 1 is 1.32 bits per heavy atom. The van der Waals surface area contributed by atoms with Gasteiger partial charge < -0.3 is 16.0 Å². The van der Waals surface area contributed by atoms with E-state index in [-0.39, 0.29) is 17.7 Å². The topological polar surface area (TPSA) is 78.7 Å². The molecule has 0 aromatic rings. The van der Waals surface area contributed by atoms with Gasteiger partial charge in [-0.1, -0.05) is 12.2 Å². The molecule has 0 aromatic carbocycles. The number of hydrogen-bond donors (Lipinski definition) is 2. The standard InChI is InChI=1S/C16H28N4O2/c1-3-9-20(10-4-2)15(21)13-19-11-5-6-14(12-19)16(22)18-8-7-17/h3-4,14H,1-2,5-13,17H2,(H,18,22). The van der Waals surface area contributed by atoms with Crippen LogP contribution in [-0.2, 0) is 9.59 Å². The second kappa shape index (κ2) is 10.1. The highest BCUT2D eigenvalue weighted by Gasteiger charge is 2.27.